The minimum absolute atomic E-state index is 0.0243. The van der Waals surface area contributed by atoms with Crippen molar-refractivity contribution in [3.63, 3.8) is 0 Å². The van der Waals surface area contributed by atoms with Crippen molar-refractivity contribution < 1.29 is 9.59 Å². The number of amides is 2. The molecule has 0 aromatic carbocycles. The number of nitrogens with one attached hydrogen (secondary N) is 1. The van der Waals surface area contributed by atoms with Gasteiger partial charge in [-0.1, -0.05) is 6.92 Å². The topological polar surface area (TPSA) is 52.7 Å². The molecule has 21 heavy (non-hydrogen) atoms. The van der Waals surface area contributed by atoms with Gasteiger partial charge in [0.05, 0.1) is 11.4 Å². The molecule has 1 aliphatic rings. The molecule has 0 unspecified atom stereocenters. The third kappa shape index (κ3) is 3.83. The molecule has 0 atom stereocenters. The van der Waals surface area contributed by atoms with Crippen LogP contribution in [0.3, 0.4) is 0 Å². The molecule has 1 aromatic rings. The quantitative estimate of drug-likeness (QED) is 0.907. The maximum atomic E-state index is 12.5. The molecule has 0 saturated carbocycles. The van der Waals surface area contributed by atoms with Crippen LogP contribution in [0, 0.1) is 6.92 Å². The lowest BCUT2D eigenvalue weighted by molar-refractivity contribution is -0.122. The lowest BCUT2D eigenvalue weighted by Crippen LogP contribution is -2.50. The number of aryl methyl sites for hydroxylation is 2. The Morgan fingerprint density at radius 3 is 2.48 bits per heavy atom. The van der Waals surface area contributed by atoms with Crippen molar-refractivity contribution in [1.29, 1.82) is 0 Å². The molecule has 1 N–H and O–H groups in total. The maximum absolute atomic E-state index is 12.5. The third-order valence-corrected chi connectivity index (χ3v) is 5.00. The molecule has 2 amide bonds. The second-order valence-electron chi connectivity index (χ2n) is 5.29. The van der Waals surface area contributed by atoms with Gasteiger partial charge in [0.2, 0.25) is 5.91 Å². The molecular formula is C15H23N3O2S. The van der Waals surface area contributed by atoms with E-state index in [4.69, 9.17) is 0 Å². The van der Waals surface area contributed by atoms with Gasteiger partial charge in [-0.25, -0.2) is 0 Å². The first kappa shape index (κ1) is 16.0. The van der Waals surface area contributed by atoms with Crippen LogP contribution in [-0.2, 0) is 11.2 Å². The lowest BCUT2D eigenvalue weighted by atomic mass is 10.2. The summed E-state index contributed by atoms with van der Waals surface area (Å²) in [4.78, 5) is 29.9. The summed E-state index contributed by atoms with van der Waals surface area (Å²) in [6, 6.07) is 2.03. The van der Waals surface area contributed by atoms with E-state index in [0.29, 0.717) is 19.6 Å². The second-order valence-corrected chi connectivity index (χ2v) is 6.54. The zero-order valence-electron chi connectivity index (χ0n) is 12.9. The number of carbonyl (C=O) groups is 2. The smallest absolute Gasteiger partial charge is 0.264 e. The van der Waals surface area contributed by atoms with Crippen LogP contribution in [0.15, 0.2) is 6.07 Å². The highest BCUT2D eigenvalue weighted by Gasteiger charge is 2.24. The molecule has 0 aliphatic carbocycles. The molecule has 0 radical (unpaired) electrons. The van der Waals surface area contributed by atoms with Gasteiger partial charge in [0.1, 0.15) is 0 Å². The minimum atomic E-state index is 0.0243. The summed E-state index contributed by atoms with van der Waals surface area (Å²) >= 11 is 1.59. The van der Waals surface area contributed by atoms with Gasteiger partial charge < -0.3 is 10.2 Å². The van der Waals surface area contributed by atoms with Crippen LogP contribution in [0.1, 0.15) is 27.0 Å². The van der Waals surface area contributed by atoms with Crippen molar-refractivity contribution in [2.75, 3.05) is 39.8 Å². The Kier molecular flexibility index (Phi) is 5.36. The van der Waals surface area contributed by atoms with Crippen LogP contribution in [0.5, 0.6) is 0 Å². The van der Waals surface area contributed by atoms with E-state index in [1.807, 2.05) is 11.0 Å². The number of likely N-dealkylation sites (N-methyl/N-ethyl adjacent to an activating group) is 1. The van der Waals surface area contributed by atoms with Gasteiger partial charge in [-0.2, -0.15) is 0 Å². The summed E-state index contributed by atoms with van der Waals surface area (Å²) in [5.74, 6) is 0.152. The van der Waals surface area contributed by atoms with Crippen LogP contribution >= 0.6 is 11.3 Å². The first-order valence-electron chi connectivity index (χ1n) is 7.36. The van der Waals surface area contributed by atoms with Crippen molar-refractivity contribution in [2.24, 2.45) is 0 Å². The van der Waals surface area contributed by atoms with Gasteiger partial charge in [-0.05, 0) is 25.0 Å². The van der Waals surface area contributed by atoms with Crippen molar-refractivity contribution in [2.45, 2.75) is 20.3 Å². The number of hydrogen-bond acceptors (Lipinski definition) is 4. The third-order valence-electron chi connectivity index (χ3n) is 3.92. The highest BCUT2D eigenvalue weighted by molar-refractivity contribution is 7.14. The summed E-state index contributed by atoms with van der Waals surface area (Å²) in [5.41, 5.74) is 1.27. The van der Waals surface area contributed by atoms with E-state index in [9.17, 15) is 9.59 Å². The molecule has 0 bridgehead atoms. The van der Waals surface area contributed by atoms with Crippen LogP contribution in [0.4, 0.5) is 0 Å². The van der Waals surface area contributed by atoms with Gasteiger partial charge in [-0.3, -0.25) is 14.5 Å². The Labute approximate surface area is 129 Å². The predicted octanol–water partition coefficient (Wildman–Crippen LogP) is 1.12. The number of thiophene rings is 1. The van der Waals surface area contributed by atoms with E-state index in [0.717, 1.165) is 24.4 Å². The summed E-state index contributed by atoms with van der Waals surface area (Å²) in [6.07, 6.45) is 0.968. The Bertz CT molecular complexity index is 519. The van der Waals surface area contributed by atoms with Crippen LogP contribution in [0.25, 0.3) is 0 Å². The van der Waals surface area contributed by atoms with Crippen molar-refractivity contribution in [1.82, 2.24) is 15.1 Å². The van der Waals surface area contributed by atoms with E-state index >= 15 is 0 Å². The van der Waals surface area contributed by atoms with Gasteiger partial charge in [0, 0.05) is 38.1 Å². The molecule has 0 spiro atoms. The van der Waals surface area contributed by atoms with Gasteiger partial charge in [0.25, 0.3) is 5.91 Å². The molecule has 2 heterocycles. The highest BCUT2D eigenvalue weighted by Crippen LogP contribution is 2.23. The van der Waals surface area contributed by atoms with Crippen molar-refractivity contribution in [3.8, 4) is 0 Å². The van der Waals surface area contributed by atoms with Crippen LogP contribution in [-0.4, -0.2) is 61.4 Å². The fourth-order valence-corrected chi connectivity index (χ4v) is 3.61. The van der Waals surface area contributed by atoms with E-state index in [1.165, 1.54) is 10.4 Å². The van der Waals surface area contributed by atoms with Crippen LogP contribution < -0.4 is 5.32 Å². The monoisotopic (exact) mass is 309 g/mol. The normalized spacial score (nSPS) is 16.0. The molecule has 1 fully saturated rings. The Balaban J connectivity index is 1.92. The predicted molar refractivity (Wildman–Crippen MR) is 84.8 cm³/mol. The van der Waals surface area contributed by atoms with E-state index in [2.05, 4.69) is 24.1 Å². The molecule has 2 rings (SSSR count). The number of rotatable bonds is 4. The second kappa shape index (κ2) is 7.04. The van der Waals surface area contributed by atoms with E-state index in [1.54, 1.807) is 18.4 Å². The fourth-order valence-electron chi connectivity index (χ4n) is 2.52. The summed E-state index contributed by atoms with van der Waals surface area (Å²) in [6.45, 7) is 7.48. The van der Waals surface area contributed by atoms with E-state index < -0.39 is 0 Å². The molecule has 1 aliphatic heterocycles. The number of nitrogens with zero attached hydrogens (tertiary/aromatic N) is 2. The minimum Gasteiger partial charge on any atom is -0.358 e. The molecular weight excluding hydrogens is 286 g/mol. The van der Waals surface area contributed by atoms with Gasteiger partial charge in [-0.15, -0.1) is 11.3 Å². The number of carbonyl (C=O) groups excluding carboxylic acids is 2. The standard InChI is InChI=1S/C15H23N3O2S/c1-4-12-9-13(21-11(12)2)15(20)18-7-5-17(6-8-18)10-14(19)16-3/h9H,4-8,10H2,1-3H3,(H,16,19). The van der Waals surface area contributed by atoms with Crippen LogP contribution in [0.2, 0.25) is 0 Å². The largest absolute Gasteiger partial charge is 0.358 e. The molecule has 6 heteroatoms. The van der Waals surface area contributed by atoms with Gasteiger partial charge in [0.15, 0.2) is 0 Å². The van der Waals surface area contributed by atoms with Crippen molar-refractivity contribution in [3.05, 3.63) is 21.4 Å². The average molecular weight is 309 g/mol. The SMILES string of the molecule is CCc1cc(C(=O)N2CCN(CC(=O)NC)CC2)sc1C. The zero-order valence-corrected chi connectivity index (χ0v) is 13.8. The first-order valence-corrected chi connectivity index (χ1v) is 8.18. The lowest BCUT2D eigenvalue weighted by Gasteiger charge is -2.34. The Morgan fingerprint density at radius 2 is 1.95 bits per heavy atom. The Hall–Kier alpha value is -1.40. The van der Waals surface area contributed by atoms with E-state index in [-0.39, 0.29) is 11.8 Å². The number of hydrogen-bond donors (Lipinski definition) is 1. The summed E-state index contributed by atoms with van der Waals surface area (Å²) in [5, 5.41) is 2.63. The Morgan fingerprint density at radius 1 is 1.29 bits per heavy atom. The molecule has 1 aromatic heterocycles. The average Bonchev–Trinajstić information content (AvgIpc) is 2.88. The maximum Gasteiger partial charge on any atom is 0.264 e. The van der Waals surface area contributed by atoms with Crippen molar-refractivity contribution >= 4 is 23.2 Å². The zero-order chi connectivity index (χ0) is 15.4. The molecule has 116 valence electrons. The first-order chi connectivity index (χ1) is 10.0. The highest BCUT2D eigenvalue weighted by atomic mass is 32.1. The van der Waals surface area contributed by atoms with Gasteiger partial charge >= 0.3 is 0 Å². The molecule has 5 nitrogen and oxygen atoms in total. The molecule has 1 saturated heterocycles. The summed E-state index contributed by atoms with van der Waals surface area (Å²) in [7, 11) is 1.65. The summed E-state index contributed by atoms with van der Waals surface area (Å²) < 4.78 is 0. The fraction of sp³-hybridized carbons (Fsp3) is 0.600. The number of piperazine rings is 1.